The number of hydrogen-bond acceptors (Lipinski definition) is 6. The minimum absolute atomic E-state index is 0.0349. The first-order valence-electron chi connectivity index (χ1n) is 11.7. The lowest BCUT2D eigenvalue weighted by molar-refractivity contribution is 0.0930. The smallest absolute Gasteiger partial charge is 0.332 e. The van der Waals surface area contributed by atoms with Crippen LogP contribution in [0.25, 0.3) is 11.0 Å². The number of benzene rings is 1. The molecule has 1 fully saturated rings. The van der Waals surface area contributed by atoms with Crippen molar-refractivity contribution >= 4 is 22.6 Å². The molecule has 3 aromatic rings. The van der Waals surface area contributed by atoms with Crippen molar-refractivity contribution in [2.24, 2.45) is 14.1 Å². The zero-order valence-corrected chi connectivity index (χ0v) is 20.2. The normalized spacial score (nSPS) is 15.5. The number of nitrogens with one attached hydrogen (secondary N) is 1. The highest BCUT2D eigenvalue weighted by molar-refractivity contribution is 5.94. The molecule has 1 atom stereocenters. The van der Waals surface area contributed by atoms with Crippen LogP contribution in [0.3, 0.4) is 0 Å². The van der Waals surface area contributed by atoms with Gasteiger partial charge in [-0.1, -0.05) is 12.1 Å². The predicted molar refractivity (Wildman–Crippen MR) is 134 cm³/mol. The molecule has 4 rings (SSSR count). The topological polar surface area (TPSA) is 92.5 Å². The average Bonchev–Trinajstić information content (AvgIpc) is 2.85. The molecule has 180 valence electrons. The number of hydrogen-bond donors (Lipinski definition) is 1. The van der Waals surface area contributed by atoms with Crippen molar-refractivity contribution in [1.82, 2.24) is 24.3 Å². The molecule has 1 aliphatic heterocycles. The summed E-state index contributed by atoms with van der Waals surface area (Å²) in [5.41, 5.74) is 2.05. The van der Waals surface area contributed by atoms with Crippen LogP contribution in [-0.4, -0.2) is 63.7 Å². The highest BCUT2D eigenvalue weighted by Crippen LogP contribution is 2.18. The van der Waals surface area contributed by atoms with E-state index in [1.165, 1.54) is 28.9 Å². The van der Waals surface area contributed by atoms with Gasteiger partial charge in [-0.25, -0.2) is 9.78 Å². The van der Waals surface area contributed by atoms with Crippen molar-refractivity contribution in [3.8, 4) is 0 Å². The third kappa shape index (κ3) is 4.89. The van der Waals surface area contributed by atoms with E-state index in [9.17, 15) is 14.4 Å². The number of aryl methyl sites for hydroxylation is 2. The maximum atomic E-state index is 12.8. The van der Waals surface area contributed by atoms with E-state index in [-0.39, 0.29) is 23.3 Å². The molecule has 3 heterocycles. The van der Waals surface area contributed by atoms with Gasteiger partial charge < -0.3 is 10.2 Å². The van der Waals surface area contributed by atoms with Gasteiger partial charge in [-0.2, -0.15) is 0 Å². The maximum absolute atomic E-state index is 12.8. The quantitative estimate of drug-likeness (QED) is 0.591. The van der Waals surface area contributed by atoms with Gasteiger partial charge in [0.25, 0.3) is 11.5 Å². The van der Waals surface area contributed by atoms with Crippen molar-refractivity contribution in [2.45, 2.75) is 26.3 Å². The molecule has 34 heavy (non-hydrogen) atoms. The van der Waals surface area contributed by atoms with Gasteiger partial charge in [-0.05, 0) is 50.1 Å². The molecule has 1 aliphatic rings. The van der Waals surface area contributed by atoms with E-state index in [0.29, 0.717) is 5.39 Å². The number of carbonyl (C=O) groups excluding carboxylic acids is 1. The lowest BCUT2D eigenvalue weighted by Crippen LogP contribution is -2.47. The molecule has 1 aromatic carbocycles. The summed E-state index contributed by atoms with van der Waals surface area (Å²) in [6.45, 7) is 8.96. The molecule has 0 aliphatic carbocycles. The summed E-state index contributed by atoms with van der Waals surface area (Å²) in [4.78, 5) is 46.4. The van der Waals surface area contributed by atoms with Crippen LogP contribution in [0.5, 0.6) is 0 Å². The number of carbonyl (C=O) groups is 1. The fraction of sp³-hybridized carbons (Fsp3) is 0.440. The van der Waals surface area contributed by atoms with Crippen molar-refractivity contribution in [1.29, 1.82) is 0 Å². The van der Waals surface area contributed by atoms with Crippen LogP contribution in [0.4, 0.5) is 5.69 Å². The molecule has 9 nitrogen and oxygen atoms in total. The molecule has 1 unspecified atom stereocenters. The zero-order valence-electron chi connectivity index (χ0n) is 20.2. The maximum Gasteiger partial charge on any atom is 0.332 e. The van der Waals surface area contributed by atoms with Crippen LogP contribution in [0.2, 0.25) is 0 Å². The first-order valence-corrected chi connectivity index (χ1v) is 11.7. The van der Waals surface area contributed by atoms with E-state index in [1.54, 1.807) is 13.1 Å². The highest BCUT2D eigenvalue weighted by Gasteiger charge is 2.19. The Kier molecular flexibility index (Phi) is 6.83. The first kappa shape index (κ1) is 23.7. The fourth-order valence-corrected chi connectivity index (χ4v) is 4.38. The summed E-state index contributed by atoms with van der Waals surface area (Å²) in [5, 5.41) is 3.30. The van der Waals surface area contributed by atoms with Gasteiger partial charge in [0.15, 0.2) is 0 Å². The second kappa shape index (κ2) is 9.80. The van der Waals surface area contributed by atoms with E-state index in [1.807, 2.05) is 6.92 Å². The third-order valence-corrected chi connectivity index (χ3v) is 6.53. The van der Waals surface area contributed by atoms with E-state index in [0.717, 1.165) is 43.7 Å². The van der Waals surface area contributed by atoms with Gasteiger partial charge in [0.1, 0.15) is 11.3 Å². The minimum Gasteiger partial charge on any atom is -0.369 e. The standard InChI is InChI=1S/C25H32N6O3/c1-17-6-5-7-19(16-17)31-14-12-30(13-15-31)11-10-18(2)26-23(32)21-9-8-20-22(27-21)28(3)25(34)29(4)24(20)33/h5-9,16,18H,10-15H2,1-4H3,(H,26,32). The summed E-state index contributed by atoms with van der Waals surface area (Å²) >= 11 is 0. The van der Waals surface area contributed by atoms with Crippen LogP contribution in [0.15, 0.2) is 46.0 Å². The Morgan fingerprint density at radius 1 is 1.06 bits per heavy atom. The van der Waals surface area contributed by atoms with Gasteiger partial charge in [-0.3, -0.25) is 23.6 Å². The fourth-order valence-electron chi connectivity index (χ4n) is 4.38. The van der Waals surface area contributed by atoms with Crippen molar-refractivity contribution in [2.75, 3.05) is 37.6 Å². The lowest BCUT2D eigenvalue weighted by atomic mass is 10.1. The summed E-state index contributed by atoms with van der Waals surface area (Å²) in [5.74, 6) is -0.313. The van der Waals surface area contributed by atoms with Crippen molar-refractivity contribution in [3.05, 3.63) is 68.5 Å². The minimum atomic E-state index is -0.474. The molecule has 1 amide bonds. The Balaban J connectivity index is 1.32. The number of piperazine rings is 1. The number of nitrogens with zero attached hydrogens (tertiary/aromatic N) is 5. The Morgan fingerprint density at radius 3 is 2.50 bits per heavy atom. The van der Waals surface area contributed by atoms with Crippen LogP contribution in [-0.2, 0) is 14.1 Å². The Bertz CT molecular complexity index is 1320. The average molecular weight is 465 g/mol. The molecule has 0 saturated carbocycles. The molecule has 0 radical (unpaired) electrons. The number of pyridine rings is 1. The van der Waals surface area contributed by atoms with Gasteiger partial charge in [0.05, 0.1) is 5.39 Å². The number of anilines is 1. The summed E-state index contributed by atoms with van der Waals surface area (Å²) in [6.07, 6.45) is 0.822. The van der Waals surface area contributed by atoms with Crippen LogP contribution < -0.4 is 21.5 Å². The number of fused-ring (bicyclic) bond motifs is 1. The predicted octanol–water partition coefficient (Wildman–Crippen LogP) is 1.27. The Labute approximate surface area is 198 Å². The summed E-state index contributed by atoms with van der Waals surface area (Å²) in [7, 11) is 2.97. The molecular formula is C25H32N6O3. The van der Waals surface area contributed by atoms with Gasteiger partial charge in [-0.15, -0.1) is 0 Å². The van der Waals surface area contributed by atoms with E-state index in [2.05, 4.69) is 51.3 Å². The SMILES string of the molecule is Cc1cccc(N2CCN(CCC(C)NC(=O)c3ccc4c(=O)n(C)c(=O)n(C)c4n3)CC2)c1. The molecule has 9 heteroatoms. The van der Waals surface area contributed by atoms with Crippen molar-refractivity contribution in [3.63, 3.8) is 0 Å². The second-order valence-electron chi connectivity index (χ2n) is 9.10. The van der Waals surface area contributed by atoms with Crippen LogP contribution in [0.1, 0.15) is 29.4 Å². The summed E-state index contributed by atoms with van der Waals surface area (Å²) < 4.78 is 2.32. The van der Waals surface area contributed by atoms with Crippen LogP contribution in [0, 0.1) is 6.92 Å². The number of rotatable bonds is 6. The van der Waals surface area contributed by atoms with Gasteiger partial charge in [0.2, 0.25) is 0 Å². The van der Waals surface area contributed by atoms with Crippen molar-refractivity contribution < 1.29 is 4.79 Å². The Hall–Kier alpha value is -3.46. The lowest BCUT2D eigenvalue weighted by Gasteiger charge is -2.36. The molecule has 1 saturated heterocycles. The Morgan fingerprint density at radius 2 is 1.79 bits per heavy atom. The van der Waals surface area contributed by atoms with Gasteiger partial charge >= 0.3 is 5.69 Å². The molecule has 0 spiro atoms. The van der Waals surface area contributed by atoms with Crippen LogP contribution >= 0.6 is 0 Å². The molecule has 2 aromatic heterocycles. The number of aromatic nitrogens is 3. The summed E-state index contributed by atoms with van der Waals surface area (Å²) in [6, 6.07) is 11.7. The molecule has 0 bridgehead atoms. The van der Waals surface area contributed by atoms with E-state index in [4.69, 9.17) is 0 Å². The molecular weight excluding hydrogens is 432 g/mol. The van der Waals surface area contributed by atoms with E-state index >= 15 is 0 Å². The van der Waals surface area contributed by atoms with E-state index < -0.39 is 11.2 Å². The zero-order chi connectivity index (χ0) is 24.4. The second-order valence-corrected chi connectivity index (χ2v) is 9.10. The third-order valence-electron chi connectivity index (χ3n) is 6.53. The van der Waals surface area contributed by atoms with Gasteiger partial charge in [0, 0.05) is 58.5 Å². The largest absolute Gasteiger partial charge is 0.369 e. The monoisotopic (exact) mass is 464 g/mol. The molecule has 1 N–H and O–H groups in total. The highest BCUT2D eigenvalue weighted by atomic mass is 16.2. The number of amides is 1. The first-order chi connectivity index (χ1) is 16.2.